The normalized spacial score (nSPS) is 45.6. The Kier molecular flexibility index (Phi) is 3.91. The van der Waals surface area contributed by atoms with Crippen LogP contribution in [0.2, 0.25) is 0 Å². The van der Waals surface area contributed by atoms with Crippen LogP contribution in [0, 0.1) is 11.8 Å². The molecular weight excluding hydrogens is 358 g/mol. The summed E-state index contributed by atoms with van der Waals surface area (Å²) in [5, 5.41) is 0. The van der Waals surface area contributed by atoms with Gasteiger partial charge in [0.05, 0.1) is 0 Å². The zero-order chi connectivity index (χ0) is 15.8. The Morgan fingerprint density at radius 1 is 0.773 bits per heavy atom. The lowest BCUT2D eigenvalue weighted by Crippen LogP contribution is -2.43. The number of hydrogen-bond donors (Lipinski definition) is 4. The first kappa shape index (κ1) is 16.7. The van der Waals surface area contributed by atoms with Crippen LogP contribution in [-0.4, -0.2) is 29.1 Å². The van der Waals surface area contributed by atoms with E-state index < -0.39 is 22.4 Å². The smallest absolute Gasteiger partial charge is 0.262 e. The first-order chi connectivity index (χ1) is 10.2. The molecule has 0 radical (unpaired) electrons. The summed E-state index contributed by atoms with van der Waals surface area (Å²) in [4.78, 5) is 42.2. The van der Waals surface area contributed by atoms with Crippen molar-refractivity contribution in [3.63, 3.8) is 0 Å². The van der Waals surface area contributed by atoms with Crippen molar-refractivity contribution in [2.75, 3.05) is 0 Å². The third-order valence-corrected chi connectivity index (χ3v) is 23.0. The maximum absolute atomic E-state index is 11.0. The largest absolute Gasteiger partial charge is 0.342 e. The van der Waals surface area contributed by atoms with E-state index in [9.17, 15) is 19.6 Å². The van der Waals surface area contributed by atoms with Gasteiger partial charge in [0.15, 0.2) is 0 Å². The lowest BCUT2D eigenvalue weighted by Gasteiger charge is -2.46. The van der Waals surface area contributed by atoms with Gasteiger partial charge >= 0.3 is 0 Å². The van der Waals surface area contributed by atoms with Gasteiger partial charge in [0, 0.05) is 9.49 Å². The molecule has 4 saturated carbocycles. The topological polar surface area (TPSA) is 80.9 Å². The van der Waals surface area contributed by atoms with Crippen molar-refractivity contribution in [3.8, 4) is 0 Å². The molecule has 0 aromatic rings. The lowest BCUT2D eigenvalue weighted by atomic mass is 9.99. The van der Waals surface area contributed by atoms with Crippen molar-refractivity contribution in [2.45, 2.75) is 73.7 Å². The van der Waals surface area contributed by atoms with Crippen molar-refractivity contribution in [1.82, 2.24) is 0 Å². The van der Waals surface area contributed by atoms with Crippen LogP contribution in [0.1, 0.15) is 64.2 Å². The molecule has 4 nitrogen and oxygen atoms in total. The fourth-order valence-corrected chi connectivity index (χ4v) is 22.2. The summed E-state index contributed by atoms with van der Waals surface area (Å²) < 4.78 is -0.118. The van der Waals surface area contributed by atoms with Crippen LogP contribution in [-0.2, 0) is 21.9 Å². The van der Waals surface area contributed by atoms with Gasteiger partial charge in [0.1, 0.15) is 0 Å². The van der Waals surface area contributed by atoms with E-state index in [1.54, 1.807) is 0 Å². The molecule has 0 aromatic carbocycles. The Hall–Kier alpha value is 1.27. The van der Waals surface area contributed by atoms with Crippen LogP contribution in [0.25, 0.3) is 0 Å². The predicted molar refractivity (Wildman–Crippen MR) is 96.1 cm³/mol. The van der Waals surface area contributed by atoms with E-state index in [4.69, 9.17) is 11.8 Å². The maximum atomic E-state index is 11.0. The highest BCUT2D eigenvalue weighted by molar-refractivity contribution is 8.65. The van der Waals surface area contributed by atoms with E-state index >= 15 is 0 Å². The summed E-state index contributed by atoms with van der Waals surface area (Å²) in [6.45, 7) is 0. The highest BCUT2D eigenvalue weighted by Gasteiger charge is 2.60. The Bertz CT molecular complexity index is 560. The molecule has 0 saturated heterocycles. The number of fused-ring (bicyclic) bond motifs is 4. The minimum Gasteiger partial charge on any atom is -0.342 e. The van der Waals surface area contributed by atoms with Crippen LogP contribution in [0.3, 0.4) is 0 Å². The molecule has 0 aromatic heterocycles. The molecule has 4 aliphatic rings. The zero-order valence-corrected chi connectivity index (χ0v) is 16.1. The van der Waals surface area contributed by atoms with E-state index in [2.05, 4.69) is 0 Å². The van der Waals surface area contributed by atoms with E-state index in [0.717, 1.165) is 38.5 Å². The first-order valence-electron chi connectivity index (χ1n) is 8.34. The van der Waals surface area contributed by atoms with Crippen molar-refractivity contribution in [3.05, 3.63) is 0 Å². The molecule has 8 heteroatoms. The second kappa shape index (κ2) is 5.14. The average Bonchev–Trinajstić information content (AvgIpc) is 3.16. The van der Waals surface area contributed by atoms with Gasteiger partial charge in [0.2, 0.25) is 6.18 Å². The summed E-state index contributed by atoms with van der Waals surface area (Å²) in [5.41, 5.74) is 0. The molecular formula is C14H26O4P2S2. The van der Waals surface area contributed by atoms with Crippen LogP contribution < -0.4 is 0 Å². The highest BCUT2D eigenvalue weighted by Crippen LogP contribution is 2.80. The van der Waals surface area contributed by atoms with Crippen LogP contribution in [0.5, 0.6) is 0 Å². The molecule has 4 N–H and O–H groups in total. The second-order valence-corrected chi connectivity index (χ2v) is 21.4. The standard InChI is InChI=1S/C14H26O4P2S2/c15-19(16,21)20(17,18)22(13-5-1-11(9-13)2-6-13)14-7-3-12(10-14)4-8-14/h11-12,17-18H,1-10H2,(H2,15,16,21). The summed E-state index contributed by atoms with van der Waals surface area (Å²) >= 11 is 4.87. The molecule has 0 aliphatic heterocycles. The van der Waals surface area contributed by atoms with Crippen LogP contribution >= 0.6 is 12.4 Å². The van der Waals surface area contributed by atoms with E-state index in [1.165, 1.54) is 25.7 Å². The molecule has 0 spiro atoms. The summed E-state index contributed by atoms with van der Waals surface area (Å²) in [6, 6.07) is 0. The molecule has 4 aliphatic carbocycles. The Morgan fingerprint density at radius 2 is 1.14 bits per heavy atom. The lowest BCUT2D eigenvalue weighted by molar-refractivity contribution is 0.448. The van der Waals surface area contributed by atoms with Gasteiger partial charge in [-0.05, 0) is 87.9 Å². The van der Waals surface area contributed by atoms with Gasteiger partial charge < -0.3 is 19.6 Å². The molecule has 4 bridgehead atoms. The fourth-order valence-electron chi connectivity index (χ4n) is 5.91. The average molecular weight is 384 g/mol. The first-order valence-corrected chi connectivity index (χ1v) is 15.3. The molecule has 0 amide bonds. The Labute approximate surface area is 139 Å². The van der Waals surface area contributed by atoms with Crippen molar-refractivity contribution >= 4 is 34.2 Å². The molecule has 0 atom stereocenters. The van der Waals surface area contributed by atoms with Crippen molar-refractivity contribution < 1.29 is 19.6 Å². The van der Waals surface area contributed by atoms with Crippen LogP contribution in [0.15, 0.2) is 0 Å². The quantitative estimate of drug-likeness (QED) is 0.562. The van der Waals surface area contributed by atoms with E-state index in [-0.39, 0.29) is 9.49 Å². The number of rotatable bonds is 3. The minimum atomic E-state index is -4.04. The SMILES string of the molecule is OP(O)(=S)P(O)(O)=S(C12CCC(CC1)C2)C12CCC(CC1)C2. The monoisotopic (exact) mass is 384 g/mol. The highest BCUT2D eigenvalue weighted by atomic mass is 32.8. The van der Waals surface area contributed by atoms with Gasteiger partial charge in [-0.25, -0.2) is 0 Å². The van der Waals surface area contributed by atoms with Gasteiger partial charge in [-0.2, -0.15) is 0 Å². The minimum absolute atomic E-state index is 0.0588. The third-order valence-electron chi connectivity index (χ3n) is 6.76. The summed E-state index contributed by atoms with van der Waals surface area (Å²) in [5.74, 6) is 1.42. The predicted octanol–water partition coefficient (Wildman–Crippen LogP) is 3.23. The Morgan fingerprint density at radius 3 is 1.36 bits per heavy atom. The van der Waals surface area contributed by atoms with Gasteiger partial charge in [-0.15, -0.1) is 10.1 Å². The molecule has 128 valence electrons. The molecule has 0 unspecified atom stereocenters. The van der Waals surface area contributed by atoms with Crippen LogP contribution in [0.4, 0.5) is 0 Å². The summed E-state index contributed by atoms with van der Waals surface area (Å²) in [6.07, 6.45) is 3.01. The zero-order valence-electron chi connectivity index (χ0n) is 12.7. The van der Waals surface area contributed by atoms with Gasteiger partial charge in [-0.1, -0.05) is 0 Å². The fraction of sp³-hybridized carbons (Fsp3) is 1.00. The number of hydrogen-bond acceptors (Lipinski definition) is 1. The van der Waals surface area contributed by atoms with Crippen molar-refractivity contribution in [1.29, 1.82) is 0 Å². The van der Waals surface area contributed by atoms with E-state index in [0.29, 0.717) is 11.8 Å². The summed E-state index contributed by atoms with van der Waals surface area (Å²) in [7, 11) is -0.721. The van der Waals surface area contributed by atoms with E-state index in [1.807, 2.05) is 0 Å². The van der Waals surface area contributed by atoms with Gasteiger partial charge in [0.25, 0.3) is 6.18 Å². The second-order valence-electron chi connectivity index (χ2n) is 7.97. The van der Waals surface area contributed by atoms with Crippen molar-refractivity contribution in [2.24, 2.45) is 11.8 Å². The maximum Gasteiger partial charge on any atom is 0.262 e. The Balaban J connectivity index is 1.94. The third kappa shape index (κ3) is 2.25. The molecule has 0 heterocycles. The molecule has 4 fully saturated rings. The molecule has 22 heavy (non-hydrogen) atoms. The molecule has 4 rings (SSSR count). The van der Waals surface area contributed by atoms with Gasteiger partial charge in [-0.3, -0.25) is 0 Å².